The number of thioether (sulfide) groups is 1. The maximum atomic E-state index is 13.2. The van der Waals surface area contributed by atoms with Gasteiger partial charge in [0.25, 0.3) is 6.17 Å². The minimum absolute atomic E-state index is 0.192. The lowest BCUT2D eigenvalue weighted by Crippen LogP contribution is -2.60. The highest BCUT2D eigenvalue weighted by Gasteiger charge is 2.44. The number of rotatable bonds is 5. The Kier molecular flexibility index (Phi) is 6.09. The van der Waals surface area contributed by atoms with E-state index in [0.29, 0.717) is 33.2 Å². The summed E-state index contributed by atoms with van der Waals surface area (Å²) in [6.45, 7) is 3.54. The number of amides is 1. The summed E-state index contributed by atoms with van der Waals surface area (Å²) in [7, 11) is 1.32. The van der Waals surface area contributed by atoms with E-state index in [4.69, 9.17) is 9.84 Å². The lowest BCUT2D eigenvalue weighted by Gasteiger charge is -2.31. The van der Waals surface area contributed by atoms with Crippen molar-refractivity contribution in [2.24, 2.45) is 0 Å². The number of aromatic amines is 1. The van der Waals surface area contributed by atoms with Gasteiger partial charge in [0.2, 0.25) is 11.1 Å². The zero-order valence-corrected chi connectivity index (χ0v) is 18.8. The third-order valence-corrected chi connectivity index (χ3v) is 6.24. The average Bonchev–Trinajstić information content (AvgIpc) is 2.81. The van der Waals surface area contributed by atoms with Crippen LogP contribution in [-0.2, 0) is 9.53 Å². The third kappa shape index (κ3) is 3.80. The van der Waals surface area contributed by atoms with Crippen LogP contribution in [0.2, 0.25) is 0 Å². The van der Waals surface area contributed by atoms with E-state index in [2.05, 4.69) is 11.9 Å². The number of nitrogens with one attached hydrogen (secondary N) is 1. The summed E-state index contributed by atoms with van der Waals surface area (Å²) < 4.78 is 6.39. The molecular weight excluding hydrogens is 428 g/mol. The number of methoxy groups -OCH3 is 1. The van der Waals surface area contributed by atoms with Crippen molar-refractivity contribution in [2.45, 2.75) is 31.6 Å². The smallest absolute Gasteiger partial charge is 0.337 e. The predicted octanol–water partition coefficient (Wildman–Crippen LogP) is 2.93. The number of H-pyrrole nitrogens is 1. The van der Waals surface area contributed by atoms with Crippen molar-refractivity contribution in [2.75, 3.05) is 17.8 Å². The first kappa shape index (κ1) is 21.8. The van der Waals surface area contributed by atoms with Crippen molar-refractivity contribution < 1.29 is 19.0 Å². The predicted molar refractivity (Wildman–Crippen MR) is 121 cm³/mol. The molecule has 1 N–H and O–H groups in total. The van der Waals surface area contributed by atoms with Crippen LogP contribution in [0.15, 0.2) is 58.5 Å². The molecule has 1 atom stereocenters. The van der Waals surface area contributed by atoms with Crippen LogP contribution in [-0.4, -0.2) is 34.8 Å². The minimum Gasteiger partial charge on any atom is -0.465 e. The molecule has 32 heavy (non-hydrogen) atoms. The van der Waals surface area contributed by atoms with Gasteiger partial charge in [0.1, 0.15) is 0 Å². The van der Waals surface area contributed by atoms with E-state index in [9.17, 15) is 14.4 Å². The minimum atomic E-state index is -0.688. The van der Waals surface area contributed by atoms with E-state index in [1.165, 1.54) is 25.8 Å². The highest BCUT2D eigenvalue weighted by molar-refractivity contribution is 7.99. The van der Waals surface area contributed by atoms with Crippen molar-refractivity contribution in [1.29, 1.82) is 0 Å². The number of esters is 1. The van der Waals surface area contributed by atoms with E-state index >= 15 is 0 Å². The van der Waals surface area contributed by atoms with Crippen LogP contribution in [0.5, 0.6) is 0 Å². The molecule has 164 valence electrons. The number of aromatic nitrogens is 3. The summed E-state index contributed by atoms with van der Waals surface area (Å²) in [4.78, 5) is 42.4. The van der Waals surface area contributed by atoms with E-state index < -0.39 is 12.1 Å². The van der Waals surface area contributed by atoms with Crippen LogP contribution in [0.1, 0.15) is 42.4 Å². The molecule has 9 heteroatoms. The normalized spacial score (nSPS) is 14.5. The van der Waals surface area contributed by atoms with E-state index in [0.717, 1.165) is 12.2 Å². The first-order valence-electron chi connectivity index (χ1n) is 10.2. The molecule has 0 aliphatic carbocycles. The van der Waals surface area contributed by atoms with Gasteiger partial charge in [-0.25, -0.2) is 9.69 Å². The lowest BCUT2D eigenvalue weighted by molar-refractivity contribution is -0.763. The lowest BCUT2D eigenvalue weighted by atomic mass is 10.0. The number of para-hydroxylation sites is 1. The highest BCUT2D eigenvalue weighted by Crippen LogP contribution is 2.37. The number of hydrogen-bond acceptors (Lipinski definition) is 6. The second kappa shape index (κ2) is 8.96. The van der Waals surface area contributed by atoms with Crippen molar-refractivity contribution in [3.8, 4) is 11.3 Å². The van der Waals surface area contributed by atoms with Gasteiger partial charge in [-0.1, -0.05) is 30.8 Å². The molecule has 2 aromatic carbocycles. The summed E-state index contributed by atoms with van der Waals surface area (Å²) in [6, 6.07) is 14.1. The standard InChI is InChI=1S/C23H22N4O4S/c1-4-13-32-23-24-20(29)19-17-7-5-6-8-18(17)26(14(2)28)21(27(19)25-23)15-9-11-16(12-10-15)22(30)31-3/h5-12,21H,4,13H2,1-3H3/p+1. The largest absolute Gasteiger partial charge is 0.465 e. The van der Waals surface area contributed by atoms with Crippen LogP contribution in [0.4, 0.5) is 5.69 Å². The molecule has 1 aromatic heterocycles. The Bertz CT molecular complexity index is 1240. The quantitative estimate of drug-likeness (QED) is 0.364. The van der Waals surface area contributed by atoms with Gasteiger partial charge in [0.15, 0.2) is 0 Å². The molecule has 0 saturated heterocycles. The molecule has 3 aromatic rings. The molecule has 0 saturated carbocycles. The molecule has 1 aliphatic heterocycles. The monoisotopic (exact) mass is 451 g/mol. The van der Waals surface area contributed by atoms with Crippen LogP contribution in [0, 0.1) is 0 Å². The third-order valence-electron chi connectivity index (χ3n) is 5.17. The highest BCUT2D eigenvalue weighted by atomic mass is 32.2. The number of carbonyl (C=O) groups is 2. The van der Waals surface area contributed by atoms with Gasteiger partial charge in [-0.15, -0.1) is 0 Å². The first-order chi connectivity index (χ1) is 15.5. The fourth-order valence-corrected chi connectivity index (χ4v) is 4.49. The maximum Gasteiger partial charge on any atom is 0.337 e. The van der Waals surface area contributed by atoms with Gasteiger partial charge in [-0.05, 0) is 47.5 Å². The Hall–Kier alpha value is -3.46. The van der Waals surface area contributed by atoms with Gasteiger partial charge in [-0.3, -0.25) is 14.6 Å². The molecule has 8 nitrogen and oxygen atoms in total. The van der Waals surface area contributed by atoms with Crippen molar-refractivity contribution in [3.63, 3.8) is 0 Å². The summed E-state index contributed by atoms with van der Waals surface area (Å²) in [5.41, 5.74) is 2.46. The Morgan fingerprint density at radius 3 is 2.56 bits per heavy atom. The number of hydrogen-bond donors (Lipinski definition) is 1. The second-order valence-corrected chi connectivity index (χ2v) is 8.38. The van der Waals surface area contributed by atoms with E-state index in [1.807, 2.05) is 24.3 Å². The molecule has 4 rings (SSSR count). The number of ether oxygens (including phenoxy) is 1. The van der Waals surface area contributed by atoms with E-state index in [-0.39, 0.29) is 11.5 Å². The van der Waals surface area contributed by atoms with Crippen LogP contribution < -0.4 is 15.1 Å². The number of nitrogens with zero attached hydrogens (tertiary/aromatic N) is 3. The fraction of sp³-hybridized carbons (Fsp3) is 0.261. The number of fused-ring (bicyclic) bond motifs is 3. The van der Waals surface area contributed by atoms with Crippen LogP contribution in [0.25, 0.3) is 11.3 Å². The van der Waals surface area contributed by atoms with E-state index in [1.54, 1.807) is 33.8 Å². The molecule has 2 heterocycles. The molecule has 0 bridgehead atoms. The Labute approximate surface area is 189 Å². The average molecular weight is 452 g/mol. The fourth-order valence-electron chi connectivity index (χ4n) is 3.79. The Balaban J connectivity index is 1.96. The molecular formula is C23H23N4O4S+. The van der Waals surface area contributed by atoms with Crippen molar-refractivity contribution in [1.82, 2.24) is 10.1 Å². The second-order valence-electron chi connectivity index (χ2n) is 7.29. The first-order valence-corrected chi connectivity index (χ1v) is 11.2. The number of benzene rings is 2. The maximum absolute atomic E-state index is 13.2. The summed E-state index contributed by atoms with van der Waals surface area (Å²) in [6.07, 6.45) is 0.240. The van der Waals surface area contributed by atoms with Crippen LogP contribution >= 0.6 is 11.8 Å². The van der Waals surface area contributed by atoms with Gasteiger partial charge < -0.3 is 4.74 Å². The molecule has 1 unspecified atom stereocenters. The molecule has 0 radical (unpaired) electrons. The summed E-state index contributed by atoms with van der Waals surface area (Å²) in [5.74, 6) is 0.158. The van der Waals surface area contributed by atoms with Gasteiger partial charge in [-0.2, -0.15) is 0 Å². The zero-order valence-electron chi connectivity index (χ0n) is 18.0. The number of anilines is 1. The van der Waals surface area contributed by atoms with Crippen LogP contribution in [0.3, 0.4) is 0 Å². The molecule has 0 fully saturated rings. The summed E-state index contributed by atoms with van der Waals surface area (Å²) >= 11 is 1.45. The topological polar surface area (TPSA) is 96.2 Å². The Morgan fingerprint density at radius 1 is 1.19 bits per heavy atom. The molecule has 1 amide bonds. The SMILES string of the molecule is CCCSc1n[n+]2c(c(=O)[nH]1)-c1ccccc1N(C(C)=O)C2c1ccc(C(=O)OC)cc1. The van der Waals surface area contributed by atoms with Gasteiger partial charge in [0, 0.05) is 23.3 Å². The Morgan fingerprint density at radius 2 is 1.91 bits per heavy atom. The van der Waals surface area contributed by atoms with Crippen molar-refractivity contribution >= 4 is 29.3 Å². The summed E-state index contributed by atoms with van der Waals surface area (Å²) in [5, 5.41) is 5.20. The number of carbonyl (C=O) groups excluding carboxylic acids is 2. The van der Waals surface area contributed by atoms with Crippen molar-refractivity contribution in [3.05, 3.63) is 70.0 Å². The van der Waals surface area contributed by atoms with Gasteiger partial charge in [0.05, 0.1) is 23.9 Å². The molecule has 0 spiro atoms. The zero-order chi connectivity index (χ0) is 22.8. The molecule has 1 aliphatic rings. The van der Waals surface area contributed by atoms with Gasteiger partial charge >= 0.3 is 17.2 Å².